The summed E-state index contributed by atoms with van der Waals surface area (Å²) in [6.45, 7) is 10.1. The molecule has 0 aromatic carbocycles. The van der Waals surface area contributed by atoms with E-state index < -0.39 is 0 Å². The van der Waals surface area contributed by atoms with Gasteiger partial charge < -0.3 is 26.4 Å². The molecule has 0 aromatic heterocycles. The summed E-state index contributed by atoms with van der Waals surface area (Å²) < 4.78 is 12.5. The monoisotopic (exact) mass is 537 g/mol. The van der Waals surface area contributed by atoms with Crippen molar-refractivity contribution in [3.8, 4) is 0 Å². The molecule has 0 radical (unpaired) electrons. The highest BCUT2D eigenvalue weighted by molar-refractivity contribution is 7.99. The Hall–Kier alpha value is 0.520. The number of quaternary nitrogens is 1. The van der Waals surface area contributed by atoms with Crippen LogP contribution in [-0.2, 0) is 9.47 Å². The molecular formula is C30H64ClNO2S. The Balaban J connectivity index is 0. The highest BCUT2D eigenvalue weighted by Gasteiger charge is 2.13. The molecule has 35 heavy (non-hydrogen) atoms. The summed E-state index contributed by atoms with van der Waals surface area (Å²) in [5.41, 5.74) is 0. The third kappa shape index (κ3) is 32.5. The molecule has 0 saturated carbocycles. The van der Waals surface area contributed by atoms with Crippen LogP contribution in [0.25, 0.3) is 0 Å². The molecule has 0 bridgehead atoms. The van der Waals surface area contributed by atoms with Crippen molar-refractivity contribution in [1.82, 2.24) is 0 Å². The normalized spacial score (nSPS) is 11.7. The number of halogens is 1. The minimum absolute atomic E-state index is 0. The summed E-state index contributed by atoms with van der Waals surface area (Å²) >= 11 is 2.00. The predicted octanol–water partition coefficient (Wildman–Crippen LogP) is 5.89. The van der Waals surface area contributed by atoms with Crippen molar-refractivity contribution < 1.29 is 26.4 Å². The lowest BCUT2D eigenvalue weighted by atomic mass is 10.0. The molecule has 0 aliphatic heterocycles. The summed E-state index contributed by atoms with van der Waals surface area (Å²) in [6, 6.07) is 0. The van der Waals surface area contributed by atoms with Crippen molar-refractivity contribution in [2.75, 3.05) is 65.1 Å². The van der Waals surface area contributed by atoms with Crippen LogP contribution in [0.4, 0.5) is 0 Å². The second-order valence-corrected chi connectivity index (χ2v) is 12.1. The molecule has 3 nitrogen and oxygen atoms in total. The number of hydrogen-bond acceptors (Lipinski definition) is 3. The zero-order chi connectivity index (χ0) is 25.0. The Labute approximate surface area is 232 Å². The van der Waals surface area contributed by atoms with Crippen LogP contribution in [-0.4, -0.2) is 69.6 Å². The van der Waals surface area contributed by atoms with Gasteiger partial charge in [-0.05, 0) is 25.0 Å². The second-order valence-electron chi connectivity index (χ2n) is 10.9. The molecule has 0 N–H and O–H groups in total. The number of unbranched alkanes of at least 4 members (excludes halogenated alkanes) is 16. The molecule has 0 aliphatic rings. The van der Waals surface area contributed by atoms with Crippen LogP contribution in [0.2, 0.25) is 0 Å². The van der Waals surface area contributed by atoms with Crippen LogP contribution >= 0.6 is 11.8 Å². The first kappa shape index (κ1) is 37.7. The zero-order valence-electron chi connectivity index (χ0n) is 24.4. The SMILES string of the molecule is CCCCCCCCCCCCCCCCCC[N+](C)(C)CCOCCOCCSCCCC.[Cl-]. The van der Waals surface area contributed by atoms with Gasteiger partial charge >= 0.3 is 0 Å². The van der Waals surface area contributed by atoms with Crippen LogP contribution < -0.4 is 12.4 Å². The molecule has 0 unspecified atom stereocenters. The topological polar surface area (TPSA) is 18.5 Å². The van der Waals surface area contributed by atoms with Gasteiger partial charge in [-0.25, -0.2) is 0 Å². The largest absolute Gasteiger partial charge is 1.00 e. The van der Waals surface area contributed by atoms with E-state index in [1.165, 1.54) is 128 Å². The maximum atomic E-state index is 5.80. The second kappa shape index (κ2) is 30.7. The van der Waals surface area contributed by atoms with Crippen molar-refractivity contribution in [3.63, 3.8) is 0 Å². The lowest BCUT2D eigenvalue weighted by Gasteiger charge is -2.29. The average Bonchev–Trinajstić information content (AvgIpc) is 2.82. The van der Waals surface area contributed by atoms with Gasteiger partial charge in [0.05, 0.1) is 47.1 Å². The van der Waals surface area contributed by atoms with E-state index in [0.717, 1.165) is 43.2 Å². The fourth-order valence-electron chi connectivity index (χ4n) is 4.30. The summed E-state index contributed by atoms with van der Waals surface area (Å²) in [4.78, 5) is 0. The minimum atomic E-state index is 0. The van der Waals surface area contributed by atoms with E-state index in [2.05, 4.69) is 27.9 Å². The maximum absolute atomic E-state index is 5.80. The highest BCUT2D eigenvalue weighted by Crippen LogP contribution is 2.14. The number of likely N-dealkylation sites (N-methyl/N-ethyl adjacent to an activating group) is 1. The Bertz CT molecular complexity index is 385. The van der Waals surface area contributed by atoms with Crippen LogP contribution in [0, 0.1) is 0 Å². The third-order valence-corrected chi connectivity index (χ3v) is 7.88. The Kier molecular flexibility index (Phi) is 33.1. The molecule has 0 heterocycles. The first-order chi connectivity index (χ1) is 16.6. The Morgan fingerprint density at radius 3 is 1.37 bits per heavy atom. The summed E-state index contributed by atoms with van der Waals surface area (Å²) in [5, 5.41) is 0. The third-order valence-electron chi connectivity index (χ3n) is 6.84. The lowest BCUT2D eigenvalue weighted by molar-refractivity contribution is -0.891. The van der Waals surface area contributed by atoms with E-state index in [4.69, 9.17) is 9.47 Å². The van der Waals surface area contributed by atoms with Gasteiger partial charge in [-0.3, -0.25) is 0 Å². The minimum Gasteiger partial charge on any atom is -1.00 e. The van der Waals surface area contributed by atoms with Gasteiger partial charge in [-0.15, -0.1) is 0 Å². The summed E-state index contributed by atoms with van der Waals surface area (Å²) in [5.74, 6) is 2.38. The molecule has 0 saturated heterocycles. The van der Waals surface area contributed by atoms with Gasteiger partial charge in [0, 0.05) is 5.75 Å². The smallest absolute Gasteiger partial charge is 0.102 e. The first-order valence-corrected chi connectivity index (χ1v) is 16.3. The highest BCUT2D eigenvalue weighted by atomic mass is 35.5. The van der Waals surface area contributed by atoms with Gasteiger partial charge in [0.25, 0.3) is 0 Å². The summed E-state index contributed by atoms with van der Waals surface area (Å²) in [6.07, 6.45) is 25.6. The standard InChI is InChI=1S/C30H64NO2S.ClH/c1-5-7-9-10-11-12-13-14-15-16-17-18-19-20-21-22-23-31(3,4)24-25-32-26-27-33-28-30-34-29-8-6-2;/h5-30H2,1-4H3;1H/q+1;/p-1. The molecule has 0 aromatic rings. The first-order valence-electron chi connectivity index (χ1n) is 15.2. The van der Waals surface area contributed by atoms with E-state index >= 15 is 0 Å². The molecule has 214 valence electrons. The fourth-order valence-corrected chi connectivity index (χ4v) is 5.23. The van der Waals surface area contributed by atoms with Crippen molar-refractivity contribution in [2.45, 2.75) is 129 Å². The Morgan fingerprint density at radius 1 is 0.457 bits per heavy atom. The molecule has 5 heteroatoms. The molecule has 0 atom stereocenters. The number of ether oxygens (including phenoxy) is 2. The Morgan fingerprint density at radius 2 is 0.886 bits per heavy atom. The van der Waals surface area contributed by atoms with Gasteiger partial charge in [0.15, 0.2) is 0 Å². The van der Waals surface area contributed by atoms with Crippen LogP contribution in [0.1, 0.15) is 129 Å². The van der Waals surface area contributed by atoms with Gasteiger partial charge in [-0.2, -0.15) is 11.8 Å². The van der Waals surface area contributed by atoms with Crippen molar-refractivity contribution in [3.05, 3.63) is 0 Å². The van der Waals surface area contributed by atoms with Crippen LogP contribution in [0.15, 0.2) is 0 Å². The summed E-state index contributed by atoms with van der Waals surface area (Å²) in [7, 11) is 4.69. The van der Waals surface area contributed by atoms with E-state index in [9.17, 15) is 0 Å². The molecule has 0 amide bonds. The molecular weight excluding hydrogens is 474 g/mol. The van der Waals surface area contributed by atoms with E-state index in [0.29, 0.717) is 0 Å². The van der Waals surface area contributed by atoms with Gasteiger partial charge in [0.1, 0.15) is 6.54 Å². The molecule has 0 aliphatic carbocycles. The molecule has 0 spiro atoms. The average molecular weight is 538 g/mol. The van der Waals surface area contributed by atoms with Crippen molar-refractivity contribution in [2.24, 2.45) is 0 Å². The molecule has 0 fully saturated rings. The van der Waals surface area contributed by atoms with Gasteiger partial charge in [0.2, 0.25) is 0 Å². The quantitative estimate of drug-likeness (QED) is 0.0874. The van der Waals surface area contributed by atoms with Crippen LogP contribution in [0.3, 0.4) is 0 Å². The molecule has 0 rings (SSSR count). The van der Waals surface area contributed by atoms with Crippen molar-refractivity contribution in [1.29, 1.82) is 0 Å². The van der Waals surface area contributed by atoms with Gasteiger partial charge in [-0.1, -0.05) is 110 Å². The van der Waals surface area contributed by atoms with Crippen molar-refractivity contribution >= 4 is 11.8 Å². The predicted molar refractivity (Wildman–Crippen MR) is 155 cm³/mol. The number of nitrogens with zero attached hydrogens (tertiary/aromatic N) is 1. The fraction of sp³-hybridized carbons (Fsp3) is 1.00. The van der Waals surface area contributed by atoms with E-state index in [1.54, 1.807) is 0 Å². The number of hydrogen-bond donors (Lipinski definition) is 0. The van der Waals surface area contributed by atoms with E-state index in [1.807, 2.05) is 11.8 Å². The maximum Gasteiger partial charge on any atom is 0.102 e. The van der Waals surface area contributed by atoms with E-state index in [-0.39, 0.29) is 12.4 Å². The zero-order valence-corrected chi connectivity index (χ0v) is 26.0. The number of rotatable bonds is 29. The lowest BCUT2D eigenvalue weighted by Crippen LogP contribution is -3.00. The van der Waals surface area contributed by atoms with Crippen LogP contribution in [0.5, 0.6) is 0 Å². The number of thioether (sulfide) groups is 1.